The van der Waals surface area contributed by atoms with Crippen LogP contribution in [-0.4, -0.2) is 74.0 Å². The number of halogens is 3. The number of carbonyl (C=O) groups excluding carboxylic acids is 1. The lowest BCUT2D eigenvalue weighted by atomic mass is 9.87. The number of esters is 1. The second-order valence-corrected chi connectivity index (χ2v) is 8.08. The average molecular weight is 459 g/mol. The summed E-state index contributed by atoms with van der Waals surface area (Å²) in [6.45, 7) is 4.94. The molecule has 2 heterocycles. The largest absolute Gasteiger partial charge is 0.466 e. The fourth-order valence-corrected chi connectivity index (χ4v) is 4.73. The number of nitrogens with zero attached hydrogens (tertiary/aromatic N) is 2. The molecule has 2 saturated heterocycles. The second-order valence-electron chi connectivity index (χ2n) is 8.08. The third-order valence-electron chi connectivity index (χ3n) is 6.17. The van der Waals surface area contributed by atoms with Gasteiger partial charge in [0.2, 0.25) is 0 Å². The molecule has 0 amide bonds. The van der Waals surface area contributed by atoms with Crippen LogP contribution in [0.2, 0.25) is 0 Å². The standard InChI is InChI=1S/C20H35FN2O4.2ClH/c1-3-26-18(24)16-7-9-17(10-8-16)27-19(22-12-4-5-13-22)23-14-6-11-20(23,21)15-25-2;;/h16-17,19H,3-15H2,1-2H3;2*1H/t16?,17?,19-,20+;;/m0../s1. The summed E-state index contributed by atoms with van der Waals surface area (Å²) >= 11 is 0. The summed E-state index contributed by atoms with van der Waals surface area (Å²) in [4.78, 5) is 16.1. The lowest BCUT2D eigenvalue weighted by Crippen LogP contribution is -2.57. The van der Waals surface area contributed by atoms with E-state index in [1.54, 1.807) is 7.11 Å². The molecule has 6 nitrogen and oxygen atoms in total. The quantitative estimate of drug-likeness (QED) is 0.407. The van der Waals surface area contributed by atoms with Crippen LogP contribution < -0.4 is 0 Å². The Kier molecular flexibility index (Phi) is 11.7. The molecule has 0 aromatic rings. The van der Waals surface area contributed by atoms with Gasteiger partial charge in [0.15, 0.2) is 12.1 Å². The Hall–Kier alpha value is -0.180. The van der Waals surface area contributed by atoms with Gasteiger partial charge in [-0.1, -0.05) is 0 Å². The fraction of sp³-hybridized carbons (Fsp3) is 0.950. The molecule has 2 aliphatic heterocycles. The van der Waals surface area contributed by atoms with Crippen LogP contribution in [0.4, 0.5) is 4.39 Å². The fourth-order valence-electron chi connectivity index (χ4n) is 4.73. The summed E-state index contributed by atoms with van der Waals surface area (Å²) in [5.41, 5.74) is 0. The summed E-state index contributed by atoms with van der Waals surface area (Å²) in [7, 11) is 1.56. The third-order valence-corrected chi connectivity index (χ3v) is 6.17. The first-order valence-electron chi connectivity index (χ1n) is 10.6. The Balaban J connectivity index is 0.00000210. The molecular formula is C20H37Cl2FN2O4. The molecule has 3 aliphatic rings. The Labute approximate surface area is 186 Å². The van der Waals surface area contributed by atoms with E-state index >= 15 is 4.39 Å². The Morgan fingerprint density at radius 2 is 1.76 bits per heavy atom. The zero-order valence-electron chi connectivity index (χ0n) is 17.6. The van der Waals surface area contributed by atoms with Crippen molar-refractivity contribution in [3.8, 4) is 0 Å². The number of ether oxygens (including phenoxy) is 3. The molecular weight excluding hydrogens is 422 g/mol. The van der Waals surface area contributed by atoms with Crippen LogP contribution in [0.15, 0.2) is 0 Å². The van der Waals surface area contributed by atoms with Crippen LogP contribution in [0.25, 0.3) is 0 Å². The highest BCUT2D eigenvalue weighted by molar-refractivity contribution is 5.85. The lowest BCUT2D eigenvalue weighted by molar-refractivity contribution is -0.231. The minimum absolute atomic E-state index is 0. The first kappa shape index (κ1) is 26.9. The van der Waals surface area contributed by atoms with Crippen LogP contribution in [0, 0.1) is 5.92 Å². The van der Waals surface area contributed by atoms with Crippen LogP contribution >= 0.6 is 24.8 Å². The topological polar surface area (TPSA) is 51.2 Å². The Morgan fingerprint density at radius 3 is 2.34 bits per heavy atom. The maximum atomic E-state index is 15.5. The predicted molar refractivity (Wildman–Crippen MR) is 114 cm³/mol. The number of methoxy groups -OCH3 is 1. The van der Waals surface area contributed by atoms with Crippen LogP contribution in [0.5, 0.6) is 0 Å². The summed E-state index contributed by atoms with van der Waals surface area (Å²) in [6, 6.07) is 0. The summed E-state index contributed by atoms with van der Waals surface area (Å²) in [5.74, 6) is -1.56. The maximum absolute atomic E-state index is 15.5. The number of hydrogen-bond donors (Lipinski definition) is 0. The average Bonchev–Trinajstić information content (AvgIpc) is 3.31. The number of carbonyl (C=O) groups is 1. The molecule has 0 aromatic heterocycles. The summed E-state index contributed by atoms with van der Waals surface area (Å²) in [5, 5.41) is 0. The SMILES string of the molecule is CCOC(=O)C1CCC(O[C@@H](N2CCCC2)N2CCC[C@]2(F)COC)CC1.Cl.Cl. The highest BCUT2D eigenvalue weighted by atomic mass is 35.5. The number of likely N-dealkylation sites (tertiary alicyclic amines) is 2. The molecule has 1 saturated carbocycles. The number of rotatable bonds is 8. The van der Waals surface area contributed by atoms with Gasteiger partial charge < -0.3 is 14.2 Å². The van der Waals surface area contributed by atoms with Crippen molar-refractivity contribution >= 4 is 30.8 Å². The van der Waals surface area contributed by atoms with E-state index < -0.39 is 5.79 Å². The molecule has 3 rings (SSSR count). The van der Waals surface area contributed by atoms with Crippen molar-refractivity contribution in [1.82, 2.24) is 9.80 Å². The molecule has 29 heavy (non-hydrogen) atoms. The van der Waals surface area contributed by atoms with Crippen molar-refractivity contribution < 1.29 is 23.4 Å². The van der Waals surface area contributed by atoms with Gasteiger partial charge in [0.25, 0.3) is 0 Å². The van der Waals surface area contributed by atoms with Gasteiger partial charge in [-0.15, -0.1) is 24.8 Å². The van der Waals surface area contributed by atoms with E-state index in [0.717, 1.165) is 58.0 Å². The third kappa shape index (κ3) is 6.65. The Morgan fingerprint density at radius 1 is 1.10 bits per heavy atom. The van der Waals surface area contributed by atoms with Gasteiger partial charge in [-0.2, -0.15) is 0 Å². The van der Waals surface area contributed by atoms with E-state index in [4.69, 9.17) is 14.2 Å². The van der Waals surface area contributed by atoms with Gasteiger partial charge in [-0.05, 0) is 58.3 Å². The molecule has 9 heteroatoms. The van der Waals surface area contributed by atoms with Gasteiger partial charge in [-0.25, -0.2) is 9.29 Å². The van der Waals surface area contributed by atoms with E-state index in [-0.39, 0.29) is 55.8 Å². The van der Waals surface area contributed by atoms with E-state index in [1.165, 1.54) is 0 Å². The predicted octanol–water partition coefficient (Wildman–Crippen LogP) is 3.76. The first-order valence-corrected chi connectivity index (χ1v) is 10.6. The molecule has 1 aliphatic carbocycles. The smallest absolute Gasteiger partial charge is 0.308 e. The molecule has 2 atom stereocenters. The van der Waals surface area contributed by atoms with E-state index in [1.807, 2.05) is 11.8 Å². The summed E-state index contributed by atoms with van der Waals surface area (Å²) < 4.78 is 32.4. The zero-order valence-corrected chi connectivity index (χ0v) is 19.3. The van der Waals surface area contributed by atoms with Crippen molar-refractivity contribution in [1.29, 1.82) is 0 Å². The summed E-state index contributed by atoms with van der Waals surface area (Å²) in [6.07, 6.45) is 6.53. The second kappa shape index (κ2) is 12.6. The van der Waals surface area contributed by atoms with Gasteiger partial charge in [-0.3, -0.25) is 9.69 Å². The van der Waals surface area contributed by atoms with E-state index in [9.17, 15) is 4.79 Å². The van der Waals surface area contributed by atoms with Gasteiger partial charge in [0.1, 0.15) is 0 Å². The number of alkyl halides is 1. The molecule has 0 spiro atoms. The van der Waals surface area contributed by atoms with Crippen molar-refractivity contribution in [2.75, 3.05) is 40.0 Å². The van der Waals surface area contributed by atoms with Crippen LogP contribution in [-0.2, 0) is 19.0 Å². The molecule has 0 radical (unpaired) electrons. The zero-order chi connectivity index (χ0) is 19.3. The Bertz CT molecular complexity index is 491. The monoisotopic (exact) mass is 458 g/mol. The normalized spacial score (nSPS) is 31.7. The first-order chi connectivity index (χ1) is 13.1. The van der Waals surface area contributed by atoms with Gasteiger partial charge in [0, 0.05) is 26.7 Å². The highest BCUT2D eigenvalue weighted by Crippen LogP contribution is 2.37. The van der Waals surface area contributed by atoms with Crippen molar-refractivity contribution in [3.63, 3.8) is 0 Å². The molecule has 172 valence electrons. The highest BCUT2D eigenvalue weighted by Gasteiger charge is 2.48. The molecule has 3 fully saturated rings. The van der Waals surface area contributed by atoms with Crippen LogP contribution in [0.3, 0.4) is 0 Å². The van der Waals surface area contributed by atoms with Crippen molar-refractivity contribution in [2.45, 2.75) is 76.5 Å². The van der Waals surface area contributed by atoms with Crippen molar-refractivity contribution in [2.24, 2.45) is 5.92 Å². The minimum Gasteiger partial charge on any atom is -0.466 e. The molecule has 0 unspecified atom stereocenters. The molecule has 0 bridgehead atoms. The van der Waals surface area contributed by atoms with Gasteiger partial charge in [0.05, 0.1) is 25.2 Å². The number of hydrogen-bond acceptors (Lipinski definition) is 6. The molecule has 0 aromatic carbocycles. The molecule has 0 N–H and O–H groups in total. The minimum atomic E-state index is -1.45. The van der Waals surface area contributed by atoms with E-state index in [0.29, 0.717) is 19.6 Å². The van der Waals surface area contributed by atoms with Crippen molar-refractivity contribution in [3.05, 3.63) is 0 Å². The van der Waals surface area contributed by atoms with Crippen LogP contribution in [0.1, 0.15) is 58.3 Å². The maximum Gasteiger partial charge on any atom is 0.308 e. The lowest BCUT2D eigenvalue weighted by Gasteiger charge is -2.43. The van der Waals surface area contributed by atoms with Gasteiger partial charge >= 0.3 is 5.97 Å². The van der Waals surface area contributed by atoms with E-state index in [2.05, 4.69) is 4.90 Å².